The Bertz CT molecular complexity index is 520. The Morgan fingerprint density at radius 2 is 2.11 bits per heavy atom. The second-order valence-electron chi connectivity index (χ2n) is 4.11. The van der Waals surface area contributed by atoms with E-state index in [0.717, 1.165) is 12.6 Å². The highest BCUT2D eigenvalue weighted by molar-refractivity contribution is 7.89. The lowest BCUT2D eigenvalue weighted by Crippen LogP contribution is -2.38. The average Bonchev–Trinajstić information content (AvgIpc) is 2.37. The molecule has 0 aliphatic rings. The fourth-order valence-corrected chi connectivity index (χ4v) is 2.69. The van der Waals surface area contributed by atoms with Crippen molar-refractivity contribution in [1.82, 2.24) is 10.0 Å². The molecule has 0 saturated heterocycles. The highest BCUT2D eigenvalue weighted by atomic mass is 32.2. The Kier molecular flexibility index (Phi) is 5.71. The van der Waals surface area contributed by atoms with Gasteiger partial charge in [0.2, 0.25) is 10.0 Å². The minimum atomic E-state index is -3.71. The number of nitrogens with one attached hydrogen (secondary N) is 2. The van der Waals surface area contributed by atoms with Gasteiger partial charge in [-0.05, 0) is 31.7 Å². The molecule has 7 heteroatoms. The molecule has 0 unspecified atom stereocenters. The molecule has 1 aromatic rings. The first-order valence-electron chi connectivity index (χ1n) is 5.97. The number of hydrogen-bond acceptors (Lipinski definition) is 4. The number of rotatable bonds is 7. The molecular weight excluding hydrogens is 271 g/mol. The summed E-state index contributed by atoms with van der Waals surface area (Å²) in [5.74, 6) is -0.690. The Labute approximate surface area is 113 Å². The number of hydrogen-bond donors (Lipinski definition) is 2. The van der Waals surface area contributed by atoms with Gasteiger partial charge in [-0.15, -0.1) is 0 Å². The zero-order chi connectivity index (χ0) is 14.5. The van der Waals surface area contributed by atoms with E-state index < -0.39 is 15.8 Å². The number of ether oxygens (including phenoxy) is 1. The summed E-state index contributed by atoms with van der Waals surface area (Å²) in [7, 11) is -2.38. The average molecular weight is 290 g/mol. The van der Waals surface area contributed by atoms with Crippen molar-refractivity contribution in [2.75, 3.05) is 20.2 Å². The molecule has 108 valence electrons. The first-order chi connectivity index (χ1) is 8.90. The Morgan fingerprint density at radius 1 is 1.42 bits per heavy atom. The third-order valence-corrected chi connectivity index (χ3v) is 3.99. The minimum Gasteiger partial charge on any atom is -0.494 e. The maximum Gasteiger partial charge on any atom is 0.240 e. The van der Waals surface area contributed by atoms with Crippen LogP contribution in [0.2, 0.25) is 0 Å². The van der Waals surface area contributed by atoms with E-state index in [-0.39, 0.29) is 23.2 Å². The van der Waals surface area contributed by atoms with Gasteiger partial charge in [0.15, 0.2) is 11.6 Å². The lowest BCUT2D eigenvalue weighted by atomic mass is 10.3. The van der Waals surface area contributed by atoms with E-state index in [1.807, 2.05) is 13.8 Å². The minimum absolute atomic E-state index is 0.00266. The van der Waals surface area contributed by atoms with Gasteiger partial charge in [-0.2, -0.15) is 0 Å². The molecule has 1 atom stereocenters. The molecule has 2 N–H and O–H groups in total. The molecule has 19 heavy (non-hydrogen) atoms. The monoisotopic (exact) mass is 290 g/mol. The lowest BCUT2D eigenvalue weighted by molar-refractivity contribution is 0.385. The van der Waals surface area contributed by atoms with Crippen molar-refractivity contribution < 1.29 is 17.5 Å². The summed E-state index contributed by atoms with van der Waals surface area (Å²) < 4.78 is 44.5. The molecule has 0 bridgehead atoms. The van der Waals surface area contributed by atoms with E-state index in [4.69, 9.17) is 4.74 Å². The number of halogens is 1. The standard InChI is InChI=1S/C12H19FN2O3S/c1-4-14-9(2)8-15-19(16,17)10-5-6-12(18-3)11(13)7-10/h5-7,9,14-15H,4,8H2,1-3H3/t9-/m1/s1. The molecular formula is C12H19FN2O3S. The number of methoxy groups -OCH3 is 1. The van der Waals surface area contributed by atoms with Gasteiger partial charge in [-0.3, -0.25) is 0 Å². The number of sulfonamides is 1. The van der Waals surface area contributed by atoms with E-state index in [0.29, 0.717) is 0 Å². The molecule has 0 saturated carbocycles. The maximum atomic E-state index is 13.5. The molecule has 0 aromatic heterocycles. The van der Waals surface area contributed by atoms with Gasteiger partial charge < -0.3 is 10.1 Å². The molecule has 0 spiro atoms. The van der Waals surface area contributed by atoms with Crippen molar-refractivity contribution in [1.29, 1.82) is 0 Å². The zero-order valence-corrected chi connectivity index (χ0v) is 12.1. The van der Waals surface area contributed by atoms with Crippen LogP contribution in [0.1, 0.15) is 13.8 Å². The van der Waals surface area contributed by atoms with Gasteiger partial charge in [0.25, 0.3) is 0 Å². The third-order valence-electron chi connectivity index (χ3n) is 2.57. The molecule has 0 radical (unpaired) electrons. The number of likely N-dealkylation sites (N-methyl/N-ethyl adjacent to an activating group) is 1. The van der Waals surface area contributed by atoms with Crippen molar-refractivity contribution >= 4 is 10.0 Å². The van der Waals surface area contributed by atoms with E-state index >= 15 is 0 Å². The normalized spacial score (nSPS) is 13.3. The molecule has 0 amide bonds. The zero-order valence-electron chi connectivity index (χ0n) is 11.2. The smallest absolute Gasteiger partial charge is 0.240 e. The van der Waals surface area contributed by atoms with Crippen LogP contribution in [0.25, 0.3) is 0 Å². The molecule has 0 aliphatic carbocycles. The first-order valence-corrected chi connectivity index (χ1v) is 7.45. The fraction of sp³-hybridized carbons (Fsp3) is 0.500. The van der Waals surface area contributed by atoms with Gasteiger partial charge in [0.05, 0.1) is 12.0 Å². The van der Waals surface area contributed by atoms with Crippen LogP contribution in [-0.4, -0.2) is 34.7 Å². The highest BCUT2D eigenvalue weighted by Gasteiger charge is 2.17. The highest BCUT2D eigenvalue weighted by Crippen LogP contribution is 2.20. The summed E-state index contributed by atoms with van der Waals surface area (Å²) in [6.07, 6.45) is 0. The van der Waals surface area contributed by atoms with E-state index in [2.05, 4.69) is 10.0 Å². The molecule has 0 aliphatic heterocycles. The van der Waals surface area contributed by atoms with Crippen LogP contribution in [-0.2, 0) is 10.0 Å². The molecule has 1 rings (SSSR count). The van der Waals surface area contributed by atoms with Crippen LogP contribution in [0.3, 0.4) is 0 Å². The summed E-state index contributed by atoms with van der Waals surface area (Å²) in [6.45, 7) is 4.79. The lowest BCUT2D eigenvalue weighted by Gasteiger charge is -2.13. The summed E-state index contributed by atoms with van der Waals surface area (Å²) >= 11 is 0. The van der Waals surface area contributed by atoms with Gasteiger partial charge in [-0.1, -0.05) is 6.92 Å². The Balaban J connectivity index is 2.80. The van der Waals surface area contributed by atoms with Crippen molar-refractivity contribution in [3.05, 3.63) is 24.0 Å². The van der Waals surface area contributed by atoms with Crippen molar-refractivity contribution in [2.24, 2.45) is 0 Å². The van der Waals surface area contributed by atoms with Crippen molar-refractivity contribution in [3.63, 3.8) is 0 Å². The quantitative estimate of drug-likeness (QED) is 0.789. The Morgan fingerprint density at radius 3 is 2.63 bits per heavy atom. The SMILES string of the molecule is CCN[C@H](C)CNS(=O)(=O)c1ccc(OC)c(F)c1. The maximum absolute atomic E-state index is 13.5. The molecule has 5 nitrogen and oxygen atoms in total. The van der Waals surface area contributed by atoms with Crippen LogP contribution in [0.15, 0.2) is 23.1 Å². The molecule has 1 aromatic carbocycles. The van der Waals surface area contributed by atoms with Gasteiger partial charge in [-0.25, -0.2) is 17.5 Å². The Hall–Kier alpha value is -1.18. The second kappa shape index (κ2) is 6.83. The summed E-state index contributed by atoms with van der Waals surface area (Å²) in [5, 5.41) is 3.08. The van der Waals surface area contributed by atoms with E-state index in [1.165, 1.54) is 19.2 Å². The van der Waals surface area contributed by atoms with Crippen LogP contribution in [0.4, 0.5) is 4.39 Å². The van der Waals surface area contributed by atoms with Crippen LogP contribution in [0.5, 0.6) is 5.75 Å². The van der Waals surface area contributed by atoms with Crippen LogP contribution >= 0.6 is 0 Å². The number of benzene rings is 1. The van der Waals surface area contributed by atoms with Gasteiger partial charge >= 0.3 is 0 Å². The predicted molar refractivity (Wildman–Crippen MR) is 71.3 cm³/mol. The van der Waals surface area contributed by atoms with Crippen LogP contribution in [0, 0.1) is 5.82 Å². The van der Waals surface area contributed by atoms with Gasteiger partial charge in [0, 0.05) is 12.6 Å². The molecule has 0 heterocycles. The van der Waals surface area contributed by atoms with Crippen molar-refractivity contribution in [2.45, 2.75) is 24.8 Å². The second-order valence-corrected chi connectivity index (χ2v) is 5.87. The van der Waals surface area contributed by atoms with Crippen molar-refractivity contribution in [3.8, 4) is 5.75 Å². The summed E-state index contributed by atoms with van der Waals surface area (Å²) in [4.78, 5) is -0.116. The van der Waals surface area contributed by atoms with Gasteiger partial charge in [0.1, 0.15) is 0 Å². The predicted octanol–water partition coefficient (Wildman–Crippen LogP) is 1.11. The summed E-state index contributed by atoms with van der Waals surface area (Å²) in [6, 6.07) is 3.54. The summed E-state index contributed by atoms with van der Waals surface area (Å²) in [5.41, 5.74) is 0. The largest absolute Gasteiger partial charge is 0.494 e. The van der Waals surface area contributed by atoms with Crippen LogP contribution < -0.4 is 14.8 Å². The third kappa shape index (κ3) is 4.45. The van der Waals surface area contributed by atoms with E-state index in [9.17, 15) is 12.8 Å². The topological polar surface area (TPSA) is 67.4 Å². The van der Waals surface area contributed by atoms with E-state index in [1.54, 1.807) is 0 Å². The molecule has 0 fully saturated rings. The first kappa shape index (κ1) is 15.9. The fourth-order valence-electron chi connectivity index (χ4n) is 1.55.